The predicted octanol–water partition coefficient (Wildman–Crippen LogP) is 4.44. The van der Waals surface area contributed by atoms with E-state index >= 15 is 0 Å². The Morgan fingerprint density at radius 2 is 1.73 bits per heavy atom. The standard InChI is InChI=1S/C21H22N4S/c1-21(2)15-9-5-6-10-16(15)24(3)19(21)13-14-22-23-20-25(4)17-11-7-8-12-18(17)26-20/h5-14H,1-4H3. The molecule has 0 amide bonds. The van der Waals surface area contributed by atoms with E-state index in [0.717, 1.165) is 4.80 Å². The van der Waals surface area contributed by atoms with Gasteiger partial charge in [0, 0.05) is 30.9 Å². The van der Waals surface area contributed by atoms with Crippen LogP contribution in [0.1, 0.15) is 19.4 Å². The molecule has 0 spiro atoms. The quantitative estimate of drug-likeness (QED) is 0.490. The Morgan fingerprint density at radius 3 is 2.50 bits per heavy atom. The molecule has 2 aromatic carbocycles. The Balaban J connectivity index is 1.67. The van der Waals surface area contributed by atoms with Gasteiger partial charge in [-0.2, -0.15) is 5.10 Å². The summed E-state index contributed by atoms with van der Waals surface area (Å²) in [4.78, 5) is 3.13. The first-order valence-electron chi connectivity index (χ1n) is 8.66. The average molecular weight is 363 g/mol. The highest BCUT2D eigenvalue weighted by molar-refractivity contribution is 7.16. The average Bonchev–Trinajstić information content (AvgIpc) is 3.06. The molecule has 0 atom stereocenters. The van der Waals surface area contributed by atoms with Crippen molar-refractivity contribution in [2.75, 3.05) is 11.9 Å². The lowest BCUT2D eigenvalue weighted by Crippen LogP contribution is -2.23. The van der Waals surface area contributed by atoms with E-state index < -0.39 is 0 Å². The second-order valence-corrected chi connectivity index (χ2v) is 8.04. The van der Waals surface area contributed by atoms with Crippen molar-refractivity contribution in [3.63, 3.8) is 0 Å². The summed E-state index contributed by atoms with van der Waals surface area (Å²) >= 11 is 1.65. The number of benzene rings is 2. The number of thiazole rings is 1. The van der Waals surface area contributed by atoms with Gasteiger partial charge in [-0.25, -0.2) is 0 Å². The predicted molar refractivity (Wildman–Crippen MR) is 111 cm³/mol. The first-order valence-corrected chi connectivity index (χ1v) is 9.47. The third kappa shape index (κ3) is 2.59. The molecule has 1 aliphatic rings. The molecular formula is C21H22N4S. The molecule has 0 unspecified atom stereocenters. The molecule has 4 nitrogen and oxygen atoms in total. The molecule has 0 aliphatic carbocycles. The maximum atomic E-state index is 4.41. The first kappa shape index (κ1) is 16.8. The summed E-state index contributed by atoms with van der Waals surface area (Å²) in [6, 6.07) is 16.8. The number of allylic oxidation sites excluding steroid dienone is 2. The number of hydrogen-bond donors (Lipinski definition) is 0. The second kappa shape index (κ2) is 6.25. The highest BCUT2D eigenvalue weighted by atomic mass is 32.1. The summed E-state index contributed by atoms with van der Waals surface area (Å²) in [6.07, 6.45) is 3.86. The largest absolute Gasteiger partial charge is 0.347 e. The van der Waals surface area contributed by atoms with Gasteiger partial charge in [0.25, 0.3) is 0 Å². The first-order chi connectivity index (χ1) is 12.5. The lowest BCUT2D eigenvalue weighted by Gasteiger charge is -2.23. The number of rotatable bonds is 2. The fraction of sp³-hybridized carbons (Fsp3) is 0.238. The van der Waals surface area contributed by atoms with Gasteiger partial charge in [0.2, 0.25) is 4.80 Å². The van der Waals surface area contributed by atoms with Crippen LogP contribution in [-0.4, -0.2) is 17.8 Å². The molecular weight excluding hydrogens is 340 g/mol. The van der Waals surface area contributed by atoms with E-state index in [0.29, 0.717) is 0 Å². The number of hydrogen-bond acceptors (Lipinski definition) is 4. The minimum atomic E-state index is -0.0420. The number of para-hydroxylation sites is 2. The van der Waals surface area contributed by atoms with Gasteiger partial charge in [0.15, 0.2) is 0 Å². The highest BCUT2D eigenvalue weighted by Gasteiger charge is 2.37. The number of fused-ring (bicyclic) bond motifs is 2. The topological polar surface area (TPSA) is 32.9 Å². The van der Waals surface area contributed by atoms with Crippen molar-refractivity contribution in [2.24, 2.45) is 17.3 Å². The third-order valence-corrected chi connectivity index (χ3v) is 6.20. The summed E-state index contributed by atoms with van der Waals surface area (Å²) in [5.41, 5.74) is 4.95. The maximum Gasteiger partial charge on any atom is 0.211 e. The van der Waals surface area contributed by atoms with E-state index in [-0.39, 0.29) is 5.41 Å². The fourth-order valence-electron chi connectivity index (χ4n) is 3.67. The number of nitrogens with zero attached hydrogens (tertiary/aromatic N) is 4. The van der Waals surface area contributed by atoms with E-state index in [1.54, 1.807) is 17.6 Å². The Labute approximate surface area is 157 Å². The van der Waals surface area contributed by atoms with Gasteiger partial charge >= 0.3 is 0 Å². The molecule has 1 aromatic heterocycles. The second-order valence-electron chi connectivity index (χ2n) is 7.03. The van der Waals surface area contributed by atoms with E-state index in [1.807, 2.05) is 19.2 Å². The van der Waals surface area contributed by atoms with Crippen molar-refractivity contribution >= 4 is 33.5 Å². The molecule has 0 N–H and O–H groups in total. The monoisotopic (exact) mass is 362 g/mol. The van der Waals surface area contributed by atoms with Crippen LogP contribution < -0.4 is 9.70 Å². The lowest BCUT2D eigenvalue weighted by molar-refractivity contribution is 0.641. The highest BCUT2D eigenvalue weighted by Crippen LogP contribution is 2.46. The van der Waals surface area contributed by atoms with Crippen molar-refractivity contribution in [3.8, 4) is 0 Å². The number of anilines is 1. The summed E-state index contributed by atoms with van der Waals surface area (Å²) in [6.45, 7) is 4.50. The van der Waals surface area contributed by atoms with Gasteiger partial charge in [0.1, 0.15) is 0 Å². The fourth-order valence-corrected chi connectivity index (χ4v) is 4.64. The molecule has 26 heavy (non-hydrogen) atoms. The third-order valence-electron chi connectivity index (χ3n) is 5.10. The van der Waals surface area contributed by atoms with Crippen LogP contribution in [0.4, 0.5) is 5.69 Å². The SMILES string of the molecule is CN1C(=CC=NN=c2sc3ccccc3n2C)C(C)(C)c2ccccc21. The van der Waals surface area contributed by atoms with E-state index in [1.165, 1.54) is 27.2 Å². The molecule has 0 saturated heterocycles. The van der Waals surface area contributed by atoms with Crippen molar-refractivity contribution in [1.82, 2.24) is 4.57 Å². The minimum Gasteiger partial charge on any atom is -0.347 e. The van der Waals surface area contributed by atoms with Gasteiger partial charge < -0.3 is 9.47 Å². The van der Waals surface area contributed by atoms with Gasteiger partial charge in [-0.15, -0.1) is 5.10 Å². The zero-order chi connectivity index (χ0) is 18.3. The van der Waals surface area contributed by atoms with Crippen LogP contribution in [0.3, 0.4) is 0 Å². The Kier molecular flexibility index (Phi) is 4.04. The summed E-state index contributed by atoms with van der Waals surface area (Å²) in [5.74, 6) is 0. The summed E-state index contributed by atoms with van der Waals surface area (Å²) < 4.78 is 3.29. The van der Waals surface area contributed by atoms with Crippen LogP contribution in [0.15, 0.2) is 70.5 Å². The normalized spacial score (nSPS) is 18.4. The van der Waals surface area contributed by atoms with Crippen molar-refractivity contribution in [3.05, 3.63) is 70.7 Å². The van der Waals surface area contributed by atoms with Crippen LogP contribution in [0.2, 0.25) is 0 Å². The van der Waals surface area contributed by atoms with Crippen LogP contribution in [-0.2, 0) is 12.5 Å². The van der Waals surface area contributed by atoms with Crippen molar-refractivity contribution in [2.45, 2.75) is 19.3 Å². The van der Waals surface area contributed by atoms with Crippen molar-refractivity contribution < 1.29 is 0 Å². The zero-order valence-electron chi connectivity index (χ0n) is 15.5. The van der Waals surface area contributed by atoms with Gasteiger partial charge in [-0.1, -0.05) is 55.5 Å². The zero-order valence-corrected chi connectivity index (χ0v) is 16.3. The molecule has 4 rings (SSSR count). The van der Waals surface area contributed by atoms with Gasteiger partial charge in [-0.05, 0) is 29.8 Å². The van der Waals surface area contributed by atoms with Crippen LogP contribution in [0.25, 0.3) is 10.2 Å². The smallest absolute Gasteiger partial charge is 0.211 e. The molecule has 1 aliphatic heterocycles. The molecule has 2 heterocycles. The number of aryl methyl sites for hydroxylation is 1. The molecule has 5 heteroatoms. The van der Waals surface area contributed by atoms with Crippen LogP contribution in [0.5, 0.6) is 0 Å². The molecule has 3 aromatic rings. The molecule has 132 valence electrons. The Hall–Kier alpha value is -2.66. The van der Waals surface area contributed by atoms with Crippen molar-refractivity contribution in [1.29, 1.82) is 0 Å². The molecule has 0 fully saturated rings. The van der Waals surface area contributed by atoms with Crippen LogP contribution >= 0.6 is 11.3 Å². The lowest BCUT2D eigenvalue weighted by atomic mass is 9.84. The van der Waals surface area contributed by atoms with Crippen LogP contribution in [0, 0.1) is 0 Å². The van der Waals surface area contributed by atoms with Gasteiger partial charge in [0.05, 0.1) is 16.4 Å². The molecule has 0 radical (unpaired) electrons. The van der Waals surface area contributed by atoms with E-state index in [2.05, 4.69) is 83.0 Å². The van der Waals surface area contributed by atoms with E-state index in [9.17, 15) is 0 Å². The van der Waals surface area contributed by atoms with Gasteiger partial charge in [-0.3, -0.25) is 0 Å². The Bertz CT molecular complexity index is 1100. The maximum absolute atomic E-state index is 4.41. The summed E-state index contributed by atoms with van der Waals surface area (Å²) in [5, 5.41) is 8.72. The molecule has 0 bridgehead atoms. The summed E-state index contributed by atoms with van der Waals surface area (Å²) in [7, 11) is 4.13. The number of likely N-dealkylation sites (N-methyl/N-ethyl adjacent to an activating group) is 1. The van der Waals surface area contributed by atoms with E-state index in [4.69, 9.17) is 0 Å². The minimum absolute atomic E-state index is 0.0420. The Morgan fingerprint density at radius 1 is 1.00 bits per heavy atom. The number of aromatic nitrogens is 1. The molecule has 0 saturated carbocycles.